The average molecular weight is 477 g/mol. The number of aromatic nitrogens is 1. The summed E-state index contributed by atoms with van der Waals surface area (Å²) in [6, 6.07) is 13.7. The van der Waals surface area contributed by atoms with Crippen LogP contribution in [0.1, 0.15) is 10.5 Å². The first-order valence-corrected chi connectivity index (χ1v) is 11.0. The van der Waals surface area contributed by atoms with Crippen molar-refractivity contribution in [3.05, 3.63) is 83.4 Å². The molecule has 11 heteroatoms. The highest BCUT2D eigenvalue weighted by molar-refractivity contribution is 7.89. The molecule has 1 heterocycles. The van der Waals surface area contributed by atoms with Crippen molar-refractivity contribution in [3.63, 3.8) is 0 Å². The number of halogens is 2. The summed E-state index contributed by atoms with van der Waals surface area (Å²) in [6.07, 6.45) is 1.44. The minimum atomic E-state index is -3.95. The van der Waals surface area contributed by atoms with Crippen LogP contribution in [0.15, 0.2) is 71.8 Å². The van der Waals surface area contributed by atoms with Crippen molar-refractivity contribution in [1.29, 1.82) is 0 Å². The Labute approximate surface area is 189 Å². The second-order valence-corrected chi connectivity index (χ2v) is 9.10. The number of sulfonamides is 1. The monoisotopic (exact) mass is 476 g/mol. The lowest BCUT2D eigenvalue weighted by Gasteiger charge is -2.18. The van der Waals surface area contributed by atoms with E-state index in [2.05, 4.69) is 15.6 Å². The molecule has 0 aliphatic carbocycles. The lowest BCUT2D eigenvalue weighted by Crippen LogP contribution is -2.35. The molecule has 166 valence electrons. The Morgan fingerprint density at radius 3 is 2.41 bits per heavy atom. The first-order chi connectivity index (χ1) is 15.2. The molecule has 0 bridgehead atoms. The summed E-state index contributed by atoms with van der Waals surface area (Å²) in [5.41, 5.74) is 0.220. The van der Waals surface area contributed by atoms with Gasteiger partial charge in [0, 0.05) is 18.3 Å². The molecule has 0 saturated heterocycles. The summed E-state index contributed by atoms with van der Waals surface area (Å²) < 4.78 is 39.9. The molecule has 0 radical (unpaired) electrons. The van der Waals surface area contributed by atoms with Crippen LogP contribution in [0.3, 0.4) is 0 Å². The van der Waals surface area contributed by atoms with Crippen molar-refractivity contribution >= 4 is 44.8 Å². The zero-order valence-corrected chi connectivity index (χ0v) is 18.3. The van der Waals surface area contributed by atoms with E-state index in [0.29, 0.717) is 5.02 Å². The molecule has 2 aromatic carbocycles. The molecule has 1 aromatic heterocycles. The maximum absolute atomic E-state index is 13.8. The van der Waals surface area contributed by atoms with Gasteiger partial charge in [0.15, 0.2) is 0 Å². The summed E-state index contributed by atoms with van der Waals surface area (Å²) in [4.78, 5) is 28.7. The predicted molar refractivity (Wildman–Crippen MR) is 118 cm³/mol. The molecular weight excluding hydrogens is 459 g/mol. The number of carbonyl (C=O) groups excluding carboxylic acids is 2. The maximum Gasteiger partial charge on any atom is 0.274 e. The molecule has 8 nitrogen and oxygen atoms in total. The van der Waals surface area contributed by atoms with E-state index in [-0.39, 0.29) is 22.0 Å². The Hall–Kier alpha value is -3.34. The van der Waals surface area contributed by atoms with Crippen LogP contribution in [0, 0.1) is 5.82 Å². The van der Waals surface area contributed by atoms with Gasteiger partial charge in [-0.15, -0.1) is 0 Å². The van der Waals surface area contributed by atoms with E-state index in [9.17, 15) is 22.4 Å². The molecule has 0 aliphatic rings. The van der Waals surface area contributed by atoms with E-state index in [1.54, 1.807) is 12.1 Å². The van der Waals surface area contributed by atoms with Crippen LogP contribution in [-0.4, -0.2) is 43.1 Å². The minimum Gasteiger partial charge on any atom is -0.323 e. The van der Waals surface area contributed by atoms with Gasteiger partial charge < -0.3 is 10.6 Å². The molecule has 0 saturated carbocycles. The van der Waals surface area contributed by atoms with E-state index < -0.39 is 34.2 Å². The predicted octanol–water partition coefficient (Wildman–Crippen LogP) is 3.39. The molecular formula is C21H18ClFN4O4S. The van der Waals surface area contributed by atoms with Crippen molar-refractivity contribution < 1.29 is 22.4 Å². The zero-order chi connectivity index (χ0) is 23.3. The summed E-state index contributed by atoms with van der Waals surface area (Å²) >= 11 is 5.78. The quantitative estimate of drug-likeness (QED) is 0.543. The Kier molecular flexibility index (Phi) is 7.18. The second kappa shape index (κ2) is 9.86. The third kappa shape index (κ3) is 5.67. The molecule has 3 aromatic rings. The molecule has 0 aliphatic heterocycles. The maximum atomic E-state index is 13.8. The van der Waals surface area contributed by atoms with Crippen LogP contribution in [0.5, 0.6) is 0 Å². The number of hydrogen-bond acceptors (Lipinski definition) is 5. The lowest BCUT2D eigenvalue weighted by atomic mass is 10.2. The van der Waals surface area contributed by atoms with Crippen LogP contribution in [-0.2, 0) is 14.8 Å². The van der Waals surface area contributed by atoms with Gasteiger partial charge in [0.2, 0.25) is 15.9 Å². The smallest absolute Gasteiger partial charge is 0.274 e. The Balaban J connectivity index is 1.73. The Morgan fingerprint density at radius 2 is 1.75 bits per heavy atom. The third-order valence-corrected chi connectivity index (χ3v) is 6.36. The molecule has 2 amide bonds. The average Bonchev–Trinajstić information content (AvgIpc) is 2.76. The van der Waals surface area contributed by atoms with E-state index >= 15 is 0 Å². The molecule has 3 rings (SSSR count). The van der Waals surface area contributed by atoms with E-state index in [1.807, 2.05) is 0 Å². The fourth-order valence-electron chi connectivity index (χ4n) is 2.68. The van der Waals surface area contributed by atoms with Gasteiger partial charge in [-0.05, 0) is 54.6 Å². The van der Waals surface area contributed by atoms with Gasteiger partial charge >= 0.3 is 0 Å². The molecule has 0 fully saturated rings. The van der Waals surface area contributed by atoms with Gasteiger partial charge in [0.1, 0.15) is 11.5 Å². The standard InChI is InChI=1S/C21H18ClFN4O4S/c1-27(32(30,31)16-8-5-14(22)6-9-16)13-20(28)25-19-12-15(23)7-10-17(19)26-21(29)18-4-2-3-11-24-18/h2-12H,13H2,1H3,(H,25,28)(H,26,29). The van der Waals surface area contributed by atoms with Crippen molar-refractivity contribution in [1.82, 2.24) is 9.29 Å². The number of anilines is 2. The van der Waals surface area contributed by atoms with E-state index in [0.717, 1.165) is 16.4 Å². The number of likely N-dealkylation sites (N-methyl/N-ethyl adjacent to an activating group) is 1. The number of rotatable bonds is 7. The van der Waals surface area contributed by atoms with Crippen LogP contribution in [0.25, 0.3) is 0 Å². The number of hydrogen-bond donors (Lipinski definition) is 2. The summed E-state index contributed by atoms with van der Waals surface area (Å²) in [5, 5.41) is 5.35. The number of carbonyl (C=O) groups is 2. The van der Waals surface area contributed by atoms with Gasteiger partial charge in [0.05, 0.1) is 22.8 Å². The molecule has 0 unspecified atom stereocenters. The van der Waals surface area contributed by atoms with E-state index in [1.165, 1.54) is 49.6 Å². The highest BCUT2D eigenvalue weighted by Crippen LogP contribution is 2.24. The van der Waals surface area contributed by atoms with Crippen molar-refractivity contribution in [2.24, 2.45) is 0 Å². The fraction of sp³-hybridized carbons (Fsp3) is 0.0952. The summed E-state index contributed by atoms with van der Waals surface area (Å²) in [5.74, 6) is -1.95. The summed E-state index contributed by atoms with van der Waals surface area (Å²) in [7, 11) is -2.72. The van der Waals surface area contributed by atoms with Crippen LogP contribution in [0.4, 0.5) is 15.8 Å². The number of benzene rings is 2. The highest BCUT2D eigenvalue weighted by Gasteiger charge is 2.23. The first-order valence-electron chi connectivity index (χ1n) is 9.20. The van der Waals surface area contributed by atoms with Gasteiger partial charge in [0.25, 0.3) is 5.91 Å². The van der Waals surface area contributed by atoms with Gasteiger partial charge in [-0.3, -0.25) is 14.6 Å². The normalized spacial score (nSPS) is 11.2. The molecule has 32 heavy (non-hydrogen) atoms. The van der Waals surface area contributed by atoms with Crippen molar-refractivity contribution in [2.75, 3.05) is 24.2 Å². The zero-order valence-electron chi connectivity index (χ0n) is 16.7. The minimum absolute atomic E-state index is 0.0310. The number of pyridine rings is 1. The van der Waals surface area contributed by atoms with Crippen LogP contribution in [0.2, 0.25) is 5.02 Å². The number of nitrogens with one attached hydrogen (secondary N) is 2. The van der Waals surface area contributed by atoms with Crippen molar-refractivity contribution in [3.8, 4) is 0 Å². The Bertz CT molecular complexity index is 1240. The highest BCUT2D eigenvalue weighted by atomic mass is 35.5. The molecule has 0 spiro atoms. The molecule has 0 atom stereocenters. The second-order valence-electron chi connectivity index (χ2n) is 6.62. The SMILES string of the molecule is CN(CC(=O)Nc1cc(F)ccc1NC(=O)c1ccccn1)S(=O)(=O)c1ccc(Cl)cc1. The topological polar surface area (TPSA) is 108 Å². The third-order valence-electron chi connectivity index (χ3n) is 4.29. The number of amides is 2. The Morgan fingerprint density at radius 1 is 1.03 bits per heavy atom. The van der Waals surface area contributed by atoms with Gasteiger partial charge in [-0.1, -0.05) is 17.7 Å². The van der Waals surface area contributed by atoms with Gasteiger partial charge in [-0.25, -0.2) is 12.8 Å². The largest absolute Gasteiger partial charge is 0.323 e. The summed E-state index contributed by atoms with van der Waals surface area (Å²) in [6.45, 7) is -0.547. The molecule has 2 N–H and O–H groups in total. The van der Waals surface area contributed by atoms with Crippen LogP contribution < -0.4 is 10.6 Å². The van der Waals surface area contributed by atoms with Gasteiger partial charge in [-0.2, -0.15) is 4.31 Å². The van der Waals surface area contributed by atoms with E-state index in [4.69, 9.17) is 11.6 Å². The van der Waals surface area contributed by atoms with Crippen molar-refractivity contribution in [2.45, 2.75) is 4.90 Å². The van der Waals surface area contributed by atoms with Crippen LogP contribution >= 0.6 is 11.6 Å². The first kappa shape index (κ1) is 23.3. The fourth-order valence-corrected chi connectivity index (χ4v) is 3.93. The lowest BCUT2D eigenvalue weighted by molar-refractivity contribution is -0.116. The number of nitrogens with zero attached hydrogens (tertiary/aromatic N) is 2.